The molecule has 0 spiro atoms. The van der Waals surface area contributed by atoms with E-state index in [0.29, 0.717) is 25.2 Å². The Morgan fingerprint density at radius 1 is 1.43 bits per heavy atom. The number of hydrogen-bond acceptors (Lipinski definition) is 5. The predicted molar refractivity (Wildman–Crippen MR) is 85.4 cm³/mol. The van der Waals surface area contributed by atoms with Crippen LogP contribution in [-0.4, -0.2) is 53.1 Å². The molecule has 1 fully saturated rings. The lowest BCUT2D eigenvalue weighted by molar-refractivity contribution is -0.134. The van der Waals surface area contributed by atoms with Gasteiger partial charge >= 0.3 is 0 Å². The fraction of sp³-hybridized carbons (Fsp3) is 0.800. The van der Waals surface area contributed by atoms with Crippen LogP contribution in [0.3, 0.4) is 0 Å². The van der Waals surface area contributed by atoms with Gasteiger partial charge in [-0.3, -0.25) is 9.79 Å². The van der Waals surface area contributed by atoms with Crippen molar-refractivity contribution in [3.05, 3.63) is 0 Å². The Morgan fingerprint density at radius 2 is 2.05 bits per heavy atom. The molecule has 0 radical (unpaired) electrons. The van der Waals surface area contributed by atoms with Crippen LogP contribution in [0.1, 0.15) is 41.0 Å². The Bertz CT molecular complexity index is 424. The van der Waals surface area contributed by atoms with Crippen LogP contribution in [0.25, 0.3) is 0 Å². The summed E-state index contributed by atoms with van der Waals surface area (Å²) in [6.45, 7) is 10.9. The van der Waals surface area contributed by atoms with Gasteiger partial charge in [0.05, 0.1) is 11.8 Å². The molecule has 120 valence electrons. The van der Waals surface area contributed by atoms with Crippen LogP contribution in [0.2, 0.25) is 0 Å². The summed E-state index contributed by atoms with van der Waals surface area (Å²) < 4.78 is 0. The van der Waals surface area contributed by atoms with E-state index in [1.165, 1.54) is 0 Å². The van der Waals surface area contributed by atoms with Gasteiger partial charge in [-0.1, -0.05) is 34.6 Å². The van der Waals surface area contributed by atoms with E-state index in [9.17, 15) is 9.90 Å². The number of aliphatic hydroxyl groups excluding tert-OH is 1. The van der Waals surface area contributed by atoms with Gasteiger partial charge in [-0.15, -0.1) is 0 Å². The van der Waals surface area contributed by atoms with E-state index in [1.807, 2.05) is 34.6 Å². The molecule has 1 aliphatic heterocycles. The molecule has 2 atom stereocenters. The van der Waals surface area contributed by atoms with Gasteiger partial charge in [-0.05, 0) is 17.8 Å². The number of rotatable bonds is 4. The van der Waals surface area contributed by atoms with E-state index in [4.69, 9.17) is 5.84 Å². The number of amides is 1. The second kappa shape index (κ2) is 7.02. The first-order valence-corrected chi connectivity index (χ1v) is 7.44. The maximum absolute atomic E-state index is 12.6. The van der Waals surface area contributed by atoms with Gasteiger partial charge in [-0.25, -0.2) is 0 Å². The molecule has 6 heteroatoms. The third kappa shape index (κ3) is 4.81. The fourth-order valence-corrected chi connectivity index (χ4v) is 2.26. The Labute approximate surface area is 127 Å². The normalized spacial score (nSPS) is 22.3. The third-order valence-electron chi connectivity index (χ3n) is 3.63. The van der Waals surface area contributed by atoms with Crippen LogP contribution in [0.5, 0.6) is 0 Å². The number of nitrogens with two attached hydrogens (primary N) is 1. The lowest BCUT2D eigenvalue weighted by atomic mass is 9.86. The maximum atomic E-state index is 12.6. The van der Waals surface area contributed by atoms with Crippen molar-refractivity contribution in [1.82, 2.24) is 4.90 Å². The van der Waals surface area contributed by atoms with Crippen LogP contribution < -0.4 is 5.84 Å². The molecular formula is C15H28N4O2. The van der Waals surface area contributed by atoms with Crippen molar-refractivity contribution in [2.75, 3.05) is 13.1 Å². The van der Waals surface area contributed by atoms with Crippen LogP contribution in [0.15, 0.2) is 10.1 Å². The zero-order chi connectivity index (χ0) is 16.2. The Kier molecular flexibility index (Phi) is 5.89. The molecule has 1 amide bonds. The number of aliphatic imine (C=N–C) groups is 1. The summed E-state index contributed by atoms with van der Waals surface area (Å²) in [6.07, 6.45) is 1.81. The topological polar surface area (TPSA) is 91.3 Å². The van der Waals surface area contributed by atoms with Crippen molar-refractivity contribution in [3.63, 3.8) is 0 Å². The van der Waals surface area contributed by atoms with E-state index >= 15 is 0 Å². The summed E-state index contributed by atoms with van der Waals surface area (Å²) in [6, 6.07) is -0.502. The van der Waals surface area contributed by atoms with E-state index in [2.05, 4.69) is 10.1 Å². The minimum atomic E-state index is -0.502. The molecule has 1 rings (SSSR count). The lowest BCUT2D eigenvalue weighted by Crippen LogP contribution is -2.43. The van der Waals surface area contributed by atoms with Gasteiger partial charge in [0.15, 0.2) is 0 Å². The fourth-order valence-electron chi connectivity index (χ4n) is 2.26. The molecule has 0 aromatic carbocycles. The first-order chi connectivity index (χ1) is 9.66. The molecule has 1 aliphatic rings. The van der Waals surface area contributed by atoms with Crippen molar-refractivity contribution >= 4 is 17.8 Å². The van der Waals surface area contributed by atoms with Gasteiger partial charge in [0.25, 0.3) is 0 Å². The average Bonchev–Trinajstić information content (AvgIpc) is 2.78. The van der Waals surface area contributed by atoms with Crippen molar-refractivity contribution in [1.29, 1.82) is 0 Å². The second-order valence-electron chi connectivity index (χ2n) is 6.98. The van der Waals surface area contributed by atoms with Crippen molar-refractivity contribution < 1.29 is 9.90 Å². The molecule has 1 heterocycles. The highest BCUT2D eigenvalue weighted by molar-refractivity contribution is 6.31. The smallest absolute Gasteiger partial charge is 0.247 e. The van der Waals surface area contributed by atoms with E-state index in [0.717, 1.165) is 0 Å². The molecule has 0 aromatic rings. The van der Waals surface area contributed by atoms with E-state index in [1.54, 1.807) is 11.1 Å². The monoisotopic (exact) mass is 296 g/mol. The second-order valence-corrected chi connectivity index (χ2v) is 6.98. The van der Waals surface area contributed by atoms with Crippen LogP contribution in [0.4, 0.5) is 0 Å². The van der Waals surface area contributed by atoms with Gasteiger partial charge in [0.1, 0.15) is 6.04 Å². The van der Waals surface area contributed by atoms with Crippen LogP contribution in [-0.2, 0) is 4.79 Å². The zero-order valence-electron chi connectivity index (χ0n) is 13.7. The zero-order valence-corrected chi connectivity index (χ0v) is 13.7. The van der Waals surface area contributed by atoms with E-state index in [-0.39, 0.29) is 17.2 Å². The Morgan fingerprint density at radius 3 is 2.43 bits per heavy atom. The number of carbonyl (C=O) groups excluding carboxylic acids is 1. The number of aliphatic hydroxyl groups is 1. The summed E-state index contributed by atoms with van der Waals surface area (Å²) in [5, 5.41) is 13.3. The molecule has 1 saturated heterocycles. The molecule has 2 unspecified atom stereocenters. The van der Waals surface area contributed by atoms with Gasteiger partial charge in [0, 0.05) is 19.3 Å². The predicted octanol–water partition coefficient (Wildman–Crippen LogP) is 1.04. The van der Waals surface area contributed by atoms with E-state index < -0.39 is 12.1 Å². The minimum absolute atomic E-state index is 0.0459. The van der Waals surface area contributed by atoms with Crippen molar-refractivity contribution in [2.45, 2.75) is 53.2 Å². The molecular weight excluding hydrogens is 268 g/mol. The highest BCUT2D eigenvalue weighted by Crippen LogP contribution is 2.25. The number of β-amino-alcohol motifs (C(OH)–C–C–N with tert-alkyl or cyclic N) is 1. The lowest BCUT2D eigenvalue weighted by Gasteiger charge is -2.30. The summed E-state index contributed by atoms with van der Waals surface area (Å²) in [4.78, 5) is 18.8. The molecule has 0 bridgehead atoms. The largest absolute Gasteiger partial charge is 0.391 e. The number of carbonyl (C=O) groups is 1. The summed E-state index contributed by atoms with van der Waals surface area (Å²) in [5.74, 6) is 5.46. The van der Waals surface area contributed by atoms with Crippen LogP contribution in [0, 0.1) is 11.3 Å². The maximum Gasteiger partial charge on any atom is 0.247 e. The van der Waals surface area contributed by atoms with Crippen molar-refractivity contribution in [2.24, 2.45) is 27.3 Å². The highest BCUT2D eigenvalue weighted by Gasteiger charge is 2.36. The third-order valence-corrected chi connectivity index (χ3v) is 3.63. The summed E-state index contributed by atoms with van der Waals surface area (Å²) in [5.41, 5.74) is 0.358. The SMILES string of the molecule is CC(C)/C(C=NC(C(=O)N1CCC(O)C1)C(C)(C)C)=N/N. The van der Waals surface area contributed by atoms with Crippen LogP contribution >= 0.6 is 0 Å². The Hall–Kier alpha value is -1.43. The van der Waals surface area contributed by atoms with Gasteiger partial charge < -0.3 is 15.8 Å². The molecule has 21 heavy (non-hydrogen) atoms. The molecule has 0 aromatic heterocycles. The Balaban J connectivity index is 2.92. The number of hydrazone groups is 1. The quantitative estimate of drug-likeness (QED) is 0.461. The first-order valence-electron chi connectivity index (χ1n) is 7.44. The molecule has 0 aliphatic carbocycles. The molecule has 0 saturated carbocycles. The molecule has 3 N–H and O–H groups in total. The number of nitrogens with zero attached hydrogens (tertiary/aromatic N) is 3. The number of hydrogen-bond donors (Lipinski definition) is 2. The van der Waals surface area contributed by atoms with Gasteiger partial charge in [-0.2, -0.15) is 5.10 Å². The summed E-state index contributed by atoms with van der Waals surface area (Å²) in [7, 11) is 0. The number of likely N-dealkylation sites (tertiary alicyclic amines) is 1. The standard InChI is InChI=1S/C15H28N4O2/c1-10(2)12(18-16)8-17-13(15(3,4)5)14(21)19-7-6-11(20)9-19/h8,10-11,13,20H,6-7,9,16H2,1-5H3/b17-8?,18-12+. The van der Waals surface area contributed by atoms with Gasteiger partial charge in [0.2, 0.25) is 5.91 Å². The minimum Gasteiger partial charge on any atom is -0.391 e. The van der Waals surface area contributed by atoms with Crippen molar-refractivity contribution in [3.8, 4) is 0 Å². The average molecular weight is 296 g/mol. The molecule has 6 nitrogen and oxygen atoms in total. The summed E-state index contributed by atoms with van der Waals surface area (Å²) >= 11 is 0. The highest BCUT2D eigenvalue weighted by atomic mass is 16.3. The first kappa shape index (κ1) is 17.6.